The van der Waals surface area contributed by atoms with E-state index in [-0.39, 0.29) is 0 Å². The van der Waals surface area contributed by atoms with Crippen molar-refractivity contribution in [1.29, 1.82) is 0 Å². The molecule has 2 unspecified atom stereocenters. The molecule has 2 N–H and O–H groups in total. The summed E-state index contributed by atoms with van der Waals surface area (Å²) in [5.74, 6) is 0. The van der Waals surface area contributed by atoms with E-state index in [9.17, 15) is 4.39 Å². The molecule has 0 amide bonds. The molecule has 2 bridgehead atoms. The summed E-state index contributed by atoms with van der Waals surface area (Å²) in [6, 6.07) is 4.52. The smallest absolute Gasteiger partial charge is 0.153 e. The topological polar surface area (TPSA) is 27.8 Å². The van der Waals surface area contributed by atoms with Crippen LogP contribution in [0.15, 0.2) is 18.3 Å². The van der Waals surface area contributed by atoms with E-state index in [1.807, 2.05) is 12.1 Å². The van der Waals surface area contributed by atoms with Gasteiger partial charge in [-0.1, -0.05) is 0 Å². The van der Waals surface area contributed by atoms with Gasteiger partial charge in [0.05, 0.1) is 5.69 Å². The molecule has 3 heteroatoms. The Bertz CT molecular complexity index is 308. The summed E-state index contributed by atoms with van der Waals surface area (Å²) in [5.41, 5.74) is -0.350. The van der Waals surface area contributed by atoms with Crippen LogP contribution in [0.1, 0.15) is 31.4 Å². The Morgan fingerprint density at radius 2 is 2.00 bits per heavy atom. The van der Waals surface area contributed by atoms with Crippen molar-refractivity contribution in [2.24, 2.45) is 0 Å². The molecule has 0 saturated carbocycles. The highest BCUT2D eigenvalue weighted by atomic mass is 19.1. The van der Waals surface area contributed by atoms with Gasteiger partial charge in [0.1, 0.15) is 0 Å². The highest BCUT2D eigenvalue weighted by Crippen LogP contribution is 2.42. The van der Waals surface area contributed by atoms with Gasteiger partial charge in [0.15, 0.2) is 5.67 Å². The number of rotatable bonds is 1. The maximum absolute atomic E-state index is 14.6. The van der Waals surface area contributed by atoms with E-state index in [1.165, 1.54) is 0 Å². The number of hydrogen-bond acceptors (Lipinski definition) is 1. The molecule has 2 aliphatic rings. The zero-order valence-corrected chi connectivity index (χ0v) is 8.09. The van der Waals surface area contributed by atoms with Crippen LogP contribution < -0.4 is 5.32 Å². The lowest BCUT2D eigenvalue weighted by molar-refractivity contribution is 0.0832. The summed E-state index contributed by atoms with van der Waals surface area (Å²) in [5, 5.41) is 3.45. The van der Waals surface area contributed by atoms with Gasteiger partial charge in [0.25, 0.3) is 0 Å². The van der Waals surface area contributed by atoms with Gasteiger partial charge in [0, 0.05) is 31.1 Å². The quantitative estimate of drug-likeness (QED) is 0.704. The van der Waals surface area contributed by atoms with Gasteiger partial charge in [0.2, 0.25) is 0 Å². The number of nitrogens with one attached hydrogen (secondary N) is 2. The molecule has 1 aromatic heterocycles. The zero-order chi connectivity index (χ0) is 9.60. The zero-order valence-electron chi connectivity index (χ0n) is 8.09. The summed E-state index contributed by atoms with van der Waals surface area (Å²) >= 11 is 0. The Morgan fingerprint density at radius 3 is 2.57 bits per heavy atom. The number of aromatic nitrogens is 1. The third-order valence-electron chi connectivity index (χ3n) is 3.56. The van der Waals surface area contributed by atoms with Crippen LogP contribution in [-0.2, 0) is 5.67 Å². The summed E-state index contributed by atoms with van der Waals surface area (Å²) in [7, 11) is 0. The lowest BCUT2D eigenvalue weighted by Gasteiger charge is -2.34. The maximum Gasteiger partial charge on any atom is 0.153 e. The van der Waals surface area contributed by atoms with Gasteiger partial charge in [-0.25, -0.2) is 4.39 Å². The molecule has 2 saturated heterocycles. The molecule has 0 aromatic carbocycles. The van der Waals surface area contributed by atoms with Crippen LogP contribution >= 0.6 is 0 Å². The summed E-state index contributed by atoms with van der Waals surface area (Å²) in [4.78, 5) is 3.01. The van der Waals surface area contributed by atoms with Crippen LogP contribution in [0.25, 0.3) is 0 Å². The molecular weight excluding hydrogens is 179 g/mol. The molecule has 3 rings (SSSR count). The molecule has 76 valence electrons. The number of H-pyrrole nitrogens is 1. The Balaban J connectivity index is 1.90. The fourth-order valence-electron chi connectivity index (χ4n) is 2.92. The normalized spacial score (nSPS) is 41.5. The molecule has 0 radical (unpaired) electrons. The Morgan fingerprint density at radius 1 is 1.29 bits per heavy atom. The molecule has 2 nitrogen and oxygen atoms in total. The van der Waals surface area contributed by atoms with Crippen molar-refractivity contribution >= 4 is 0 Å². The molecule has 0 spiro atoms. The van der Waals surface area contributed by atoms with E-state index in [1.54, 1.807) is 6.20 Å². The predicted molar refractivity (Wildman–Crippen MR) is 52.8 cm³/mol. The predicted octanol–water partition coefficient (Wildman–Crippen LogP) is 2.09. The molecule has 3 heterocycles. The van der Waals surface area contributed by atoms with Gasteiger partial charge in [-0.15, -0.1) is 0 Å². The highest BCUT2D eigenvalue weighted by molar-refractivity contribution is 5.17. The van der Waals surface area contributed by atoms with Crippen molar-refractivity contribution in [3.63, 3.8) is 0 Å². The maximum atomic E-state index is 14.6. The molecule has 1 aromatic rings. The molecule has 2 aliphatic heterocycles. The van der Waals surface area contributed by atoms with Gasteiger partial charge in [-0.3, -0.25) is 0 Å². The van der Waals surface area contributed by atoms with Crippen molar-refractivity contribution in [1.82, 2.24) is 10.3 Å². The number of halogens is 1. The van der Waals surface area contributed by atoms with Crippen LogP contribution in [0.3, 0.4) is 0 Å². The van der Waals surface area contributed by atoms with E-state index in [4.69, 9.17) is 0 Å². The minimum absolute atomic E-state index is 0.391. The number of alkyl halides is 1. The van der Waals surface area contributed by atoms with Crippen LogP contribution in [0.2, 0.25) is 0 Å². The van der Waals surface area contributed by atoms with Gasteiger partial charge in [-0.2, -0.15) is 0 Å². The van der Waals surface area contributed by atoms with E-state index in [0.29, 0.717) is 24.9 Å². The summed E-state index contributed by atoms with van der Waals surface area (Å²) in [6.07, 6.45) is 5.34. The van der Waals surface area contributed by atoms with E-state index in [2.05, 4.69) is 10.3 Å². The third-order valence-corrected chi connectivity index (χ3v) is 3.56. The van der Waals surface area contributed by atoms with Crippen molar-refractivity contribution in [2.45, 2.75) is 43.4 Å². The Kier molecular flexibility index (Phi) is 1.71. The minimum atomic E-state index is -1.11. The van der Waals surface area contributed by atoms with Crippen molar-refractivity contribution in [2.75, 3.05) is 0 Å². The van der Waals surface area contributed by atoms with E-state index >= 15 is 0 Å². The number of piperidine rings is 1. The fourth-order valence-corrected chi connectivity index (χ4v) is 2.92. The highest BCUT2D eigenvalue weighted by Gasteiger charge is 2.45. The van der Waals surface area contributed by atoms with Gasteiger partial charge in [-0.05, 0) is 25.0 Å². The third kappa shape index (κ3) is 1.19. The standard InChI is InChI=1S/C11H15FN2/c12-11(10-2-1-5-13-10)6-8-3-4-9(7-11)14-8/h1-2,5,8-9,13-14H,3-4,6-7H2. The van der Waals surface area contributed by atoms with Gasteiger partial charge < -0.3 is 10.3 Å². The first kappa shape index (κ1) is 8.48. The molecule has 2 fully saturated rings. The van der Waals surface area contributed by atoms with Crippen LogP contribution in [0, 0.1) is 0 Å². The van der Waals surface area contributed by atoms with E-state index < -0.39 is 5.67 Å². The van der Waals surface area contributed by atoms with Crippen molar-refractivity contribution < 1.29 is 4.39 Å². The second kappa shape index (κ2) is 2.83. The first-order valence-electron chi connectivity index (χ1n) is 5.35. The molecule has 14 heavy (non-hydrogen) atoms. The van der Waals surface area contributed by atoms with E-state index in [0.717, 1.165) is 18.5 Å². The molecule has 0 aliphatic carbocycles. The molecule has 2 atom stereocenters. The lowest BCUT2D eigenvalue weighted by atomic mass is 9.86. The second-order valence-electron chi connectivity index (χ2n) is 4.60. The average molecular weight is 194 g/mol. The fraction of sp³-hybridized carbons (Fsp3) is 0.636. The number of aromatic amines is 1. The van der Waals surface area contributed by atoms with Crippen molar-refractivity contribution in [3.8, 4) is 0 Å². The Hall–Kier alpha value is -0.830. The lowest BCUT2D eigenvalue weighted by Crippen LogP contribution is -2.44. The number of fused-ring (bicyclic) bond motifs is 2. The second-order valence-corrected chi connectivity index (χ2v) is 4.60. The largest absolute Gasteiger partial charge is 0.362 e. The minimum Gasteiger partial charge on any atom is -0.362 e. The first-order valence-corrected chi connectivity index (χ1v) is 5.35. The monoisotopic (exact) mass is 194 g/mol. The molecular formula is C11H15FN2. The average Bonchev–Trinajstić information content (AvgIpc) is 2.75. The summed E-state index contributed by atoms with van der Waals surface area (Å²) in [6.45, 7) is 0. The Labute approximate surface area is 82.9 Å². The van der Waals surface area contributed by atoms with Crippen molar-refractivity contribution in [3.05, 3.63) is 24.0 Å². The summed E-state index contributed by atoms with van der Waals surface area (Å²) < 4.78 is 14.6. The number of hydrogen-bond donors (Lipinski definition) is 2. The SMILES string of the molecule is FC1(c2ccc[nH]2)CC2CCC(C1)N2. The van der Waals surface area contributed by atoms with Crippen LogP contribution in [-0.4, -0.2) is 17.1 Å². The van der Waals surface area contributed by atoms with Gasteiger partial charge >= 0.3 is 0 Å². The van der Waals surface area contributed by atoms with Crippen LogP contribution in [0.4, 0.5) is 4.39 Å². The first-order chi connectivity index (χ1) is 6.76. The van der Waals surface area contributed by atoms with Crippen LogP contribution in [0.5, 0.6) is 0 Å².